The molecule has 0 aromatic heterocycles. The summed E-state index contributed by atoms with van der Waals surface area (Å²) in [5.41, 5.74) is 9.50. The summed E-state index contributed by atoms with van der Waals surface area (Å²) in [7, 11) is 1.54. The van der Waals surface area contributed by atoms with Crippen molar-refractivity contribution in [1.82, 2.24) is 10.6 Å². The molecule has 1 aromatic rings. The third kappa shape index (κ3) is 5.81. The molecular weight excluding hydrogens is 402 g/mol. The highest BCUT2D eigenvalue weighted by molar-refractivity contribution is 5.85. The zero-order valence-corrected chi connectivity index (χ0v) is 17.3. The molecule has 5 N–H and O–H groups in total. The molecule has 3 rings (SSSR count). The van der Waals surface area contributed by atoms with Crippen molar-refractivity contribution in [2.24, 2.45) is 10.7 Å². The van der Waals surface area contributed by atoms with Gasteiger partial charge in [0.25, 0.3) is 0 Å². The number of nitrogens with two attached hydrogens (primary N) is 1. The Morgan fingerprint density at radius 1 is 1.35 bits per heavy atom. The first-order valence-corrected chi connectivity index (χ1v) is 10.1. The van der Waals surface area contributed by atoms with E-state index in [0.29, 0.717) is 29.9 Å². The topological polar surface area (TPSA) is 99.7 Å². The highest BCUT2D eigenvalue weighted by Gasteiger charge is 2.22. The molecule has 1 atom stereocenters. The van der Waals surface area contributed by atoms with Crippen molar-refractivity contribution >= 4 is 12.1 Å². The predicted octanol–water partition coefficient (Wildman–Crippen LogP) is 3.12. The molecule has 1 unspecified atom stereocenters. The Labute approximate surface area is 179 Å². The number of hydrogen-bond donors (Lipinski definition) is 4. The molecule has 2 aliphatic rings. The van der Waals surface area contributed by atoms with Crippen LogP contribution in [0.15, 0.2) is 69.7 Å². The molecule has 0 bridgehead atoms. The summed E-state index contributed by atoms with van der Waals surface area (Å²) in [6.45, 7) is 0.737. The number of aliphatic hydroxyl groups excluding tert-OH is 1. The minimum Gasteiger partial charge on any atom is -0.512 e. The smallest absolute Gasteiger partial charge is 0.239 e. The van der Waals surface area contributed by atoms with Gasteiger partial charge in [-0.05, 0) is 48.3 Å². The second kappa shape index (κ2) is 10.1. The second-order valence-electron chi connectivity index (χ2n) is 7.45. The Balaban J connectivity index is 1.96. The van der Waals surface area contributed by atoms with Gasteiger partial charge in [-0.25, -0.2) is 8.78 Å². The van der Waals surface area contributed by atoms with Crippen molar-refractivity contribution < 1.29 is 18.7 Å². The van der Waals surface area contributed by atoms with Gasteiger partial charge in [-0.15, -0.1) is 0 Å². The van der Waals surface area contributed by atoms with Crippen molar-refractivity contribution in [2.75, 3.05) is 20.1 Å². The number of amides is 1. The normalized spacial score (nSPS) is 20.6. The maximum atomic E-state index is 13.7. The fourth-order valence-corrected chi connectivity index (χ4v) is 3.55. The number of rotatable bonds is 6. The van der Waals surface area contributed by atoms with Crippen molar-refractivity contribution in [3.63, 3.8) is 0 Å². The Hall–Kier alpha value is -3.42. The highest BCUT2D eigenvalue weighted by Crippen LogP contribution is 2.35. The molecule has 1 aliphatic heterocycles. The van der Waals surface area contributed by atoms with Crippen LogP contribution in [0.3, 0.4) is 0 Å². The number of halogens is 2. The van der Waals surface area contributed by atoms with Crippen molar-refractivity contribution in [3.8, 4) is 0 Å². The molecule has 8 heteroatoms. The molecule has 31 heavy (non-hydrogen) atoms. The van der Waals surface area contributed by atoms with Gasteiger partial charge in [0.2, 0.25) is 5.91 Å². The van der Waals surface area contributed by atoms with E-state index in [1.165, 1.54) is 6.07 Å². The summed E-state index contributed by atoms with van der Waals surface area (Å²) in [5.74, 6) is -2.31. The van der Waals surface area contributed by atoms with E-state index in [2.05, 4.69) is 15.6 Å². The fraction of sp³-hybridized carbons (Fsp3) is 0.304. The van der Waals surface area contributed by atoms with Crippen molar-refractivity contribution in [2.45, 2.75) is 25.2 Å². The lowest BCUT2D eigenvalue weighted by molar-refractivity contribution is -0.119. The lowest BCUT2D eigenvalue weighted by atomic mass is 9.84. The molecule has 1 heterocycles. The van der Waals surface area contributed by atoms with E-state index in [0.717, 1.165) is 29.7 Å². The highest BCUT2D eigenvalue weighted by atomic mass is 19.2. The maximum absolute atomic E-state index is 13.7. The lowest BCUT2D eigenvalue weighted by Gasteiger charge is -2.24. The van der Waals surface area contributed by atoms with Crippen LogP contribution in [0.2, 0.25) is 0 Å². The first-order chi connectivity index (χ1) is 14.9. The molecule has 1 amide bonds. The number of aliphatic imine (C=N–C) groups is 1. The van der Waals surface area contributed by atoms with Gasteiger partial charge in [-0.3, -0.25) is 9.79 Å². The van der Waals surface area contributed by atoms with E-state index in [1.807, 2.05) is 6.08 Å². The molecule has 0 radical (unpaired) electrons. The summed E-state index contributed by atoms with van der Waals surface area (Å²) >= 11 is 0. The Bertz CT molecular complexity index is 1010. The number of dihydropyridines is 1. The third-order valence-corrected chi connectivity index (χ3v) is 5.21. The van der Waals surface area contributed by atoms with Crippen LogP contribution < -0.4 is 16.4 Å². The summed E-state index contributed by atoms with van der Waals surface area (Å²) in [4.78, 5) is 16.0. The Kier molecular flexibility index (Phi) is 7.23. The van der Waals surface area contributed by atoms with E-state index in [9.17, 15) is 18.7 Å². The quantitative estimate of drug-likeness (QED) is 0.559. The zero-order valence-electron chi connectivity index (χ0n) is 17.3. The van der Waals surface area contributed by atoms with Crippen LogP contribution in [-0.4, -0.2) is 37.4 Å². The van der Waals surface area contributed by atoms with E-state index >= 15 is 0 Å². The summed E-state index contributed by atoms with van der Waals surface area (Å²) < 4.78 is 27.1. The molecule has 1 aliphatic carbocycles. The fourth-order valence-electron chi connectivity index (χ4n) is 3.55. The van der Waals surface area contributed by atoms with Gasteiger partial charge in [-0.2, -0.15) is 0 Å². The second-order valence-corrected chi connectivity index (χ2v) is 7.45. The summed E-state index contributed by atoms with van der Waals surface area (Å²) in [6, 6.07) is 3.71. The first kappa shape index (κ1) is 22.3. The molecule has 0 fully saturated rings. The number of likely N-dealkylation sites (N-methyl/N-ethyl adjacent to an activating group) is 1. The number of carbonyl (C=O) groups excluding carboxylic acids is 1. The van der Waals surface area contributed by atoms with Crippen LogP contribution in [-0.2, 0) is 4.79 Å². The number of benzene rings is 1. The molecule has 0 saturated heterocycles. The van der Waals surface area contributed by atoms with Crippen molar-refractivity contribution in [1.29, 1.82) is 0 Å². The lowest BCUT2D eigenvalue weighted by Crippen LogP contribution is -2.31. The van der Waals surface area contributed by atoms with Gasteiger partial charge in [0, 0.05) is 49.1 Å². The summed E-state index contributed by atoms with van der Waals surface area (Å²) in [5, 5.41) is 16.0. The Morgan fingerprint density at radius 3 is 2.84 bits per heavy atom. The van der Waals surface area contributed by atoms with Gasteiger partial charge < -0.3 is 21.5 Å². The van der Waals surface area contributed by atoms with E-state index in [1.54, 1.807) is 25.4 Å². The average Bonchev–Trinajstić information content (AvgIpc) is 2.78. The average molecular weight is 428 g/mol. The summed E-state index contributed by atoms with van der Waals surface area (Å²) in [6.07, 6.45) is 8.55. The third-order valence-electron chi connectivity index (χ3n) is 5.21. The van der Waals surface area contributed by atoms with Gasteiger partial charge in [-0.1, -0.05) is 12.1 Å². The predicted molar refractivity (Wildman–Crippen MR) is 116 cm³/mol. The monoisotopic (exact) mass is 428 g/mol. The van der Waals surface area contributed by atoms with Crippen LogP contribution in [0.4, 0.5) is 8.78 Å². The largest absolute Gasteiger partial charge is 0.512 e. The van der Waals surface area contributed by atoms with Crippen LogP contribution in [0.5, 0.6) is 0 Å². The molecule has 0 spiro atoms. The molecule has 1 aromatic carbocycles. The Morgan fingerprint density at radius 2 is 2.16 bits per heavy atom. The van der Waals surface area contributed by atoms with Gasteiger partial charge in [0.05, 0.1) is 12.3 Å². The van der Waals surface area contributed by atoms with Crippen LogP contribution >= 0.6 is 0 Å². The number of nitrogens with one attached hydrogen (secondary N) is 2. The minimum absolute atomic E-state index is 0.0204. The zero-order chi connectivity index (χ0) is 22.4. The van der Waals surface area contributed by atoms with E-state index in [-0.39, 0.29) is 30.5 Å². The number of hydrogen-bond acceptors (Lipinski definition) is 5. The first-order valence-electron chi connectivity index (χ1n) is 10.1. The van der Waals surface area contributed by atoms with Crippen molar-refractivity contribution in [3.05, 3.63) is 81.9 Å². The SMILES string of the molecule is CNC(=O)CNC(/C=C(\N)C1=CCCN=C1)=C1/CC(O)=CC(c2ccc(F)c(F)c2)C1. The number of nitrogens with zero attached hydrogens (tertiary/aromatic N) is 1. The molecule has 6 nitrogen and oxygen atoms in total. The molecule has 164 valence electrons. The van der Waals surface area contributed by atoms with Gasteiger partial charge in [0.1, 0.15) is 0 Å². The number of aliphatic hydroxyl groups is 1. The van der Waals surface area contributed by atoms with Crippen LogP contribution in [0.1, 0.15) is 30.7 Å². The number of carbonyl (C=O) groups is 1. The van der Waals surface area contributed by atoms with Gasteiger partial charge in [0.15, 0.2) is 11.6 Å². The standard InChI is InChI=1S/C23H26F2N4O2/c1-27-23(31)13-29-22(11-21(26)15-3-2-6-28-12-15)17-7-16(8-18(30)9-17)14-4-5-19(24)20(25)10-14/h3-5,8,10-12,16,29-30H,2,6-7,9,13,26H2,1H3,(H,27,31)/b21-11-,22-17+. The number of allylic oxidation sites excluding steroid dienone is 4. The van der Waals surface area contributed by atoms with Crippen LogP contribution in [0, 0.1) is 11.6 Å². The maximum Gasteiger partial charge on any atom is 0.239 e. The molecule has 0 saturated carbocycles. The van der Waals surface area contributed by atoms with Crippen LogP contribution in [0.25, 0.3) is 0 Å². The molecular formula is C23H26F2N4O2. The van der Waals surface area contributed by atoms with E-state index < -0.39 is 11.6 Å². The van der Waals surface area contributed by atoms with E-state index in [4.69, 9.17) is 5.73 Å². The minimum atomic E-state index is -0.938. The van der Waals surface area contributed by atoms with Gasteiger partial charge >= 0.3 is 0 Å².